The number of hydrogen-bond donors (Lipinski definition) is 2. The largest absolute Gasteiger partial charge is 0.573 e. The van der Waals surface area contributed by atoms with Gasteiger partial charge in [-0.15, -0.1) is 25.6 Å². The van der Waals surface area contributed by atoms with Crippen LogP contribution in [0.5, 0.6) is 5.75 Å². The van der Waals surface area contributed by atoms with Crippen LogP contribution in [0.15, 0.2) is 24.3 Å². The van der Waals surface area contributed by atoms with E-state index in [1.165, 1.54) is 0 Å². The number of ether oxygens (including phenoxy) is 1. The second-order valence-corrected chi connectivity index (χ2v) is 4.02. The first-order valence-corrected chi connectivity index (χ1v) is 5.35. The first-order chi connectivity index (χ1) is 8.99. The number of aliphatic hydroxyl groups is 1. The number of nitrogens with two attached hydrogens (primary N) is 1. The molecule has 1 aromatic carbocycles. The second kappa shape index (κ2) is 7.19. The summed E-state index contributed by atoms with van der Waals surface area (Å²) >= 11 is 0. The molecule has 0 aliphatic carbocycles. The summed E-state index contributed by atoms with van der Waals surface area (Å²) in [6, 6.07) is 1.64. The summed E-state index contributed by atoms with van der Waals surface area (Å²) in [5.41, 5.74) is 4.86. The first kappa shape index (κ1) is 19.8. The van der Waals surface area contributed by atoms with Crippen molar-refractivity contribution in [1.82, 2.24) is 0 Å². The fourth-order valence-electron chi connectivity index (χ4n) is 1.40. The van der Waals surface area contributed by atoms with Crippen molar-refractivity contribution in [2.24, 2.45) is 5.73 Å². The molecule has 0 spiro atoms. The van der Waals surface area contributed by atoms with Gasteiger partial charge in [0.1, 0.15) is 11.8 Å². The predicted octanol–water partition coefficient (Wildman–Crippen LogP) is 3.32. The molecule has 2 atom stereocenters. The van der Waals surface area contributed by atoms with Crippen LogP contribution < -0.4 is 10.5 Å². The van der Waals surface area contributed by atoms with Crippen molar-refractivity contribution >= 4 is 12.4 Å². The zero-order valence-electron chi connectivity index (χ0n) is 10.3. The third-order valence-electron chi connectivity index (χ3n) is 2.40. The maximum atomic E-state index is 12.2. The minimum absolute atomic E-state index is 0. The van der Waals surface area contributed by atoms with Crippen LogP contribution in [0, 0.1) is 0 Å². The normalized spacial score (nSPS) is 15.0. The topological polar surface area (TPSA) is 55.5 Å². The van der Waals surface area contributed by atoms with E-state index in [9.17, 15) is 31.4 Å². The van der Waals surface area contributed by atoms with E-state index >= 15 is 0 Å². The molecule has 0 heterocycles. The van der Waals surface area contributed by atoms with Crippen molar-refractivity contribution in [2.45, 2.75) is 31.1 Å². The lowest BCUT2D eigenvalue weighted by Gasteiger charge is -2.19. The summed E-state index contributed by atoms with van der Waals surface area (Å²) in [7, 11) is 0. The highest BCUT2D eigenvalue weighted by atomic mass is 35.5. The average molecular weight is 340 g/mol. The number of halogens is 7. The molecule has 0 saturated heterocycles. The molecule has 0 radical (unpaired) electrons. The van der Waals surface area contributed by atoms with Crippen molar-refractivity contribution in [3.05, 3.63) is 29.8 Å². The number of rotatable bonds is 4. The predicted molar refractivity (Wildman–Crippen MR) is 64.0 cm³/mol. The Morgan fingerprint density at radius 2 is 1.52 bits per heavy atom. The fourth-order valence-corrected chi connectivity index (χ4v) is 1.40. The van der Waals surface area contributed by atoms with Gasteiger partial charge < -0.3 is 15.6 Å². The van der Waals surface area contributed by atoms with Crippen LogP contribution in [0.2, 0.25) is 0 Å². The Kier molecular flexibility index (Phi) is 6.78. The molecule has 21 heavy (non-hydrogen) atoms. The van der Waals surface area contributed by atoms with Gasteiger partial charge in [-0.2, -0.15) is 13.2 Å². The van der Waals surface area contributed by atoms with Crippen molar-refractivity contribution in [3.63, 3.8) is 0 Å². The van der Waals surface area contributed by atoms with Crippen molar-refractivity contribution in [2.75, 3.05) is 0 Å². The fraction of sp³-hybridized carbons (Fsp3) is 0.455. The second-order valence-electron chi connectivity index (χ2n) is 4.02. The van der Waals surface area contributed by atoms with Gasteiger partial charge in [-0.25, -0.2) is 0 Å². The minimum Gasteiger partial charge on any atom is -0.406 e. The third-order valence-corrected chi connectivity index (χ3v) is 2.40. The lowest BCUT2D eigenvalue weighted by atomic mass is 10.0. The average Bonchev–Trinajstić information content (AvgIpc) is 2.26. The van der Waals surface area contributed by atoms with Crippen LogP contribution in [0.3, 0.4) is 0 Å². The summed E-state index contributed by atoms with van der Waals surface area (Å²) in [5, 5.41) is 9.53. The van der Waals surface area contributed by atoms with E-state index in [2.05, 4.69) is 4.74 Å². The van der Waals surface area contributed by atoms with Crippen molar-refractivity contribution < 1.29 is 36.2 Å². The molecule has 122 valence electrons. The Morgan fingerprint density at radius 1 is 1.05 bits per heavy atom. The highest BCUT2D eigenvalue weighted by Crippen LogP contribution is 2.29. The maximum absolute atomic E-state index is 12.2. The van der Waals surface area contributed by atoms with Crippen LogP contribution in [0.25, 0.3) is 0 Å². The van der Waals surface area contributed by atoms with E-state index in [0.29, 0.717) is 0 Å². The zero-order valence-corrected chi connectivity index (χ0v) is 11.1. The molecular formula is C11H12ClF6NO2. The smallest absolute Gasteiger partial charge is 0.406 e. The summed E-state index contributed by atoms with van der Waals surface area (Å²) in [5.74, 6) is -0.534. The first-order valence-electron chi connectivity index (χ1n) is 5.35. The molecule has 3 N–H and O–H groups in total. The van der Waals surface area contributed by atoms with Gasteiger partial charge in [0.05, 0.1) is 6.10 Å². The monoisotopic (exact) mass is 339 g/mol. The molecule has 1 rings (SSSR count). The van der Waals surface area contributed by atoms with Gasteiger partial charge in [0.2, 0.25) is 0 Å². The number of benzene rings is 1. The van der Waals surface area contributed by atoms with Crippen LogP contribution >= 0.6 is 12.4 Å². The minimum atomic E-state index is -4.86. The summed E-state index contributed by atoms with van der Waals surface area (Å²) in [6.07, 6.45) is -11.8. The van der Waals surface area contributed by atoms with Gasteiger partial charge in [0, 0.05) is 6.42 Å². The van der Waals surface area contributed by atoms with Gasteiger partial charge in [-0.3, -0.25) is 0 Å². The van der Waals surface area contributed by atoms with Gasteiger partial charge >= 0.3 is 12.5 Å². The van der Waals surface area contributed by atoms with E-state index in [1.54, 1.807) is 0 Å². The maximum Gasteiger partial charge on any atom is 0.573 e. The van der Waals surface area contributed by atoms with Gasteiger partial charge in [0.25, 0.3) is 0 Å². The Bertz CT molecular complexity index is 434. The van der Waals surface area contributed by atoms with E-state index in [4.69, 9.17) is 5.73 Å². The molecule has 10 heteroatoms. The molecule has 0 saturated carbocycles. The Morgan fingerprint density at radius 3 is 1.90 bits per heavy atom. The molecule has 0 aromatic heterocycles. The van der Waals surface area contributed by atoms with Crippen LogP contribution in [-0.2, 0) is 0 Å². The zero-order chi connectivity index (χ0) is 15.6. The van der Waals surface area contributed by atoms with Crippen LogP contribution in [0.4, 0.5) is 26.3 Å². The summed E-state index contributed by atoms with van der Waals surface area (Å²) < 4.78 is 75.8. The van der Waals surface area contributed by atoms with E-state index < -0.39 is 36.9 Å². The quantitative estimate of drug-likeness (QED) is 0.827. The lowest BCUT2D eigenvalue weighted by molar-refractivity contribution is -0.274. The number of hydrogen-bond acceptors (Lipinski definition) is 3. The molecule has 0 aliphatic heterocycles. The highest BCUT2D eigenvalue weighted by Gasteiger charge is 2.38. The Hall–Kier alpha value is -1.19. The van der Waals surface area contributed by atoms with Crippen molar-refractivity contribution in [1.29, 1.82) is 0 Å². The lowest BCUT2D eigenvalue weighted by Crippen LogP contribution is -2.38. The number of alkyl halides is 6. The standard InChI is InChI=1S/C11H11F6NO2.ClH/c12-10(13,14)9(18)5-8(19)6-1-3-7(4-2-6)20-11(15,16)17;/h1-4,8-9,19H,5,18H2;1H/t8-,9-;/m1./s1. The molecule has 1 aromatic rings. The van der Waals surface area contributed by atoms with Crippen LogP contribution in [0.1, 0.15) is 18.1 Å². The van der Waals surface area contributed by atoms with Gasteiger partial charge in [-0.1, -0.05) is 12.1 Å². The highest BCUT2D eigenvalue weighted by molar-refractivity contribution is 5.85. The third kappa shape index (κ3) is 6.87. The summed E-state index contributed by atoms with van der Waals surface area (Å²) in [4.78, 5) is 0. The molecule has 0 unspecified atom stereocenters. The molecular weight excluding hydrogens is 328 g/mol. The molecule has 0 aliphatic rings. The van der Waals surface area contributed by atoms with Crippen LogP contribution in [-0.4, -0.2) is 23.7 Å². The number of aliphatic hydroxyl groups excluding tert-OH is 1. The van der Waals surface area contributed by atoms with E-state index in [1.807, 2.05) is 0 Å². The Balaban J connectivity index is 0.00000400. The van der Waals surface area contributed by atoms with Crippen molar-refractivity contribution in [3.8, 4) is 5.75 Å². The summed E-state index contributed by atoms with van der Waals surface area (Å²) in [6.45, 7) is 0. The Labute approximate surface area is 122 Å². The molecule has 3 nitrogen and oxygen atoms in total. The molecule has 0 bridgehead atoms. The molecule has 0 fully saturated rings. The van der Waals surface area contributed by atoms with E-state index in [-0.39, 0.29) is 18.0 Å². The molecule has 0 amide bonds. The van der Waals surface area contributed by atoms with E-state index in [0.717, 1.165) is 24.3 Å². The SMILES string of the molecule is Cl.N[C@H](C[C@@H](O)c1ccc(OC(F)(F)F)cc1)C(F)(F)F. The van der Waals surface area contributed by atoms with Gasteiger partial charge in [0.15, 0.2) is 0 Å². The van der Waals surface area contributed by atoms with Gasteiger partial charge in [-0.05, 0) is 17.7 Å².